The molecule has 0 saturated carbocycles. The van der Waals surface area contributed by atoms with E-state index >= 15 is 0 Å². The van der Waals surface area contributed by atoms with Gasteiger partial charge in [-0.3, -0.25) is 0 Å². The van der Waals surface area contributed by atoms with E-state index in [0.717, 1.165) is 5.92 Å². The van der Waals surface area contributed by atoms with Crippen molar-refractivity contribution >= 4 is 0 Å². The predicted molar refractivity (Wildman–Crippen MR) is 60.5 cm³/mol. The van der Waals surface area contributed by atoms with Gasteiger partial charge in [0.25, 0.3) is 0 Å². The van der Waals surface area contributed by atoms with Crippen molar-refractivity contribution < 1.29 is 0 Å². The first-order chi connectivity index (χ1) is 6.66. The number of piperidine rings is 1. The van der Waals surface area contributed by atoms with Crippen LogP contribution in [0.25, 0.3) is 0 Å². The van der Waals surface area contributed by atoms with Gasteiger partial charge in [-0.05, 0) is 58.7 Å². The van der Waals surface area contributed by atoms with Crippen LogP contribution in [0.1, 0.15) is 39.5 Å². The zero-order valence-electron chi connectivity index (χ0n) is 9.68. The molecule has 2 nitrogen and oxygen atoms in total. The molecule has 2 heteroatoms. The van der Waals surface area contributed by atoms with Crippen LogP contribution in [0.4, 0.5) is 0 Å². The number of nitrogens with zero attached hydrogens (tertiary/aromatic N) is 1. The Labute approximate surface area is 88.1 Å². The fourth-order valence-corrected chi connectivity index (χ4v) is 2.92. The molecule has 2 fully saturated rings. The SMILES string of the molecule is CC1(C)CC(CN2CCCCC2)CN1. The summed E-state index contributed by atoms with van der Waals surface area (Å²) in [7, 11) is 0. The molecular formula is C12H24N2. The normalized spacial score (nSPS) is 33.4. The minimum absolute atomic E-state index is 0.389. The van der Waals surface area contributed by atoms with Crippen molar-refractivity contribution in [3.8, 4) is 0 Å². The van der Waals surface area contributed by atoms with Crippen molar-refractivity contribution in [1.29, 1.82) is 0 Å². The van der Waals surface area contributed by atoms with Gasteiger partial charge in [0, 0.05) is 12.1 Å². The zero-order valence-corrected chi connectivity index (χ0v) is 9.68. The molecule has 2 rings (SSSR count). The van der Waals surface area contributed by atoms with E-state index in [9.17, 15) is 0 Å². The highest BCUT2D eigenvalue weighted by atomic mass is 15.1. The van der Waals surface area contributed by atoms with Gasteiger partial charge in [0.1, 0.15) is 0 Å². The molecule has 2 heterocycles. The predicted octanol–water partition coefficient (Wildman–Crippen LogP) is 1.86. The highest BCUT2D eigenvalue weighted by Crippen LogP contribution is 2.24. The molecule has 1 unspecified atom stereocenters. The Morgan fingerprint density at radius 1 is 1.21 bits per heavy atom. The van der Waals surface area contributed by atoms with E-state index in [1.165, 1.54) is 51.9 Å². The summed E-state index contributed by atoms with van der Waals surface area (Å²) in [5.41, 5.74) is 0.389. The van der Waals surface area contributed by atoms with Gasteiger partial charge in [-0.15, -0.1) is 0 Å². The minimum atomic E-state index is 0.389. The quantitative estimate of drug-likeness (QED) is 0.725. The fraction of sp³-hybridized carbons (Fsp3) is 1.00. The van der Waals surface area contributed by atoms with E-state index in [4.69, 9.17) is 0 Å². The highest BCUT2D eigenvalue weighted by Gasteiger charge is 2.31. The van der Waals surface area contributed by atoms with Crippen molar-refractivity contribution in [2.24, 2.45) is 5.92 Å². The van der Waals surface area contributed by atoms with Gasteiger partial charge in [0.15, 0.2) is 0 Å². The maximum Gasteiger partial charge on any atom is 0.0128 e. The molecule has 82 valence electrons. The van der Waals surface area contributed by atoms with E-state index in [0.29, 0.717) is 5.54 Å². The number of rotatable bonds is 2. The van der Waals surface area contributed by atoms with Gasteiger partial charge >= 0.3 is 0 Å². The molecule has 0 bridgehead atoms. The molecule has 2 saturated heterocycles. The van der Waals surface area contributed by atoms with Crippen molar-refractivity contribution in [1.82, 2.24) is 10.2 Å². The zero-order chi connectivity index (χ0) is 10.0. The Morgan fingerprint density at radius 3 is 2.50 bits per heavy atom. The summed E-state index contributed by atoms with van der Waals surface area (Å²) >= 11 is 0. The number of nitrogens with one attached hydrogen (secondary N) is 1. The Kier molecular flexibility index (Phi) is 3.13. The molecule has 0 radical (unpaired) electrons. The highest BCUT2D eigenvalue weighted by molar-refractivity contribution is 4.90. The molecule has 0 aromatic carbocycles. The van der Waals surface area contributed by atoms with Crippen LogP contribution in [0.2, 0.25) is 0 Å². The lowest BCUT2D eigenvalue weighted by atomic mass is 9.96. The van der Waals surface area contributed by atoms with Crippen molar-refractivity contribution in [2.75, 3.05) is 26.2 Å². The van der Waals surface area contributed by atoms with Gasteiger partial charge in [0.2, 0.25) is 0 Å². The lowest BCUT2D eigenvalue weighted by Gasteiger charge is -2.29. The largest absolute Gasteiger partial charge is 0.311 e. The molecule has 0 aromatic rings. The lowest BCUT2D eigenvalue weighted by Crippen LogP contribution is -2.34. The molecule has 1 atom stereocenters. The molecule has 0 spiro atoms. The van der Waals surface area contributed by atoms with Crippen LogP contribution in [0.15, 0.2) is 0 Å². The van der Waals surface area contributed by atoms with E-state index < -0.39 is 0 Å². The van der Waals surface area contributed by atoms with Crippen LogP contribution in [0, 0.1) is 5.92 Å². The van der Waals surface area contributed by atoms with E-state index in [2.05, 4.69) is 24.1 Å². The first-order valence-electron chi connectivity index (χ1n) is 6.13. The van der Waals surface area contributed by atoms with Gasteiger partial charge in [-0.25, -0.2) is 0 Å². The monoisotopic (exact) mass is 196 g/mol. The smallest absolute Gasteiger partial charge is 0.0128 e. The van der Waals surface area contributed by atoms with Gasteiger partial charge in [-0.1, -0.05) is 6.42 Å². The van der Waals surface area contributed by atoms with Gasteiger partial charge in [-0.2, -0.15) is 0 Å². The number of hydrogen-bond donors (Lipinski definition) is 1. The number of likely N-dealkylation sites (tertiary alicyclic amines) is 1. The topological polar surface area (TPSA) is 15.3 Å². The first kappa shape index (κ1) is 10.4. The van der Waals surface area contributed by atoms with Crippen LogP contribution in [0.3, 0.4) is 0 Å². The van der Waals surface area contributed by atoms with Crippen LogP contribution in [-0.2, 0) is 0 Å². The molecule has 2 aliphatic heterocycles. The second-order valence-electron chi connectivity index (χ2n) is 5.70. The molecule has 0 aromatic heterocycles. The third kappa shape index (κ3) is 2.71. The van der Waals surface area contributed by atoms with E-state index in [-0.39, 0.29) is 0 Å². The molecule has 0 aliphatic carbocycles. The third-order valence-electron chi connectivity index (χ3n) is 3.63. The second-order valence-corrected chi connectivity index (χ2v) is 5.70. The molecule has 14 heavy (non-hydrogen) atoms. The lowest BCUT2D eigenvalue weighted by molar-refractivity contribution is 0.198. The number of hydrogen-bond acceptors (Lipinski definition) is 2. The van der Waals surface area contributed by atoms with Gasteiger partial charge in [0.05, 0.1) is 0 Å². The summed E-state index contributed by atoms with van der Waals surface area (Å²) in [6, 6.07) is 0. The Balaban J connectivity index is 1.75. The first-order valence-corrected chi connectivity index (χ1v) is 6.13. The summed E-state index contributed by atoms with van der Waals surface area (Å²) in [5.74, 6) is 0.892. The Hall–Kier alpha value is -0.0800. The average molecular weight is 196 g/mol. The summed E-state index contributed by atoms with van der Waals surface area (Å²) in [5, 5.41) is 3.61. The Bertz CT molecular complexity index is 183. The fourth-order valence-electron chi connectivity index (χ4n) is 2.92. The standard InChI is InChI=1S/C12H24N2/c1-12(2)8-11(9-13-12)10-14-6-4-3-5-7-14/h11,13H,3-10H2,1-2H3. The maximum atomic E-state index is 3.61. The molecule has 0 amide bonds. The molecule has 2 aliphatic rings. The summed E-state index contributed by atoms with van der Waals surface area (Å²) in [4.78, 5) is 2.66. The third-order valence-corrected chi connectivity index (χ3v) is 3.63. The molecular weight excluding hydrogens is 172 g/mol. The summed E-state index contributed by atoms with van der Waals surface area (Å²) in [6.45, 7) is 9.89. The second kappa shape index (κ2) is 4.19. The summed E-state index contributed by atoms with van der Waals surface area (Å²) in [6.07, 6.45) is 5.64. The van der Waals surface area contributed by atoms with Crippen LogP contribution in [0.5, 0.6) is 0 Å². The van der Waals surface area contributed by atoms with Crippen molar-refractivity contribution in [2.45, 2.75) is 45.1 Å². The minimum Gasteiger partial charge on any atom is -0.311 e. The van der Waals surface area contributed by atoms with Crippen LogP contribution < -0.4 is 5.32 Å². The van der Waals surface area contributed by atoms with Crippen molar-refractivity contribution in [3.05, 3.63) is 0 Å². The van der Waals surface area contributed by atoms with E-state index in [1.54, 1.807) is 0 Å². The van der Waals surface area contributed by atoms with Crippen molar-refractivity contribution in [3.63, 3.8) is 0 Å². The van der Waals surface area contributed by atoms with Gasteiger partial charge < -0.3 is 10.2 Å². The molecule has 1 N–H and O–H groups in total. The van der Waals surface area contributed by atoms with Crippen LogP contribution >= 0.6 is 0 Å². The Morgan fingerprint density at radius 2 is 1.93 bits per heavy atom. The average Bonchev–Trinajstić information content (AvgIpc) is 2.47. The maximum absolute atomic E-state index is 3.61. The van der Waals surface area contributed by atoms with Crippen LogP contribution in [-0.4, -0.2) is 36.6 Å². The summed E-state index contributed by atoms with van der Waals surface area (Å²) < 4.78 is 0. The van der Waals surface area contributed by atoms with E-state index in [1.807, 2.05) is 0 Å².